The van der Waals surface area contributed by atoms with Gasteiger partial charge in [-0.25, -0.2) is 0 Å². The predicted molar refractivity (Wildman–Crippen MR) is 78.8 cm³/mol. The van der Waals surface area contributed by atoms with Crippen molar-refractivity contribution in [3.8, 4) is 0 Å². The Hall–Kier alpha value is -1.12. The molecule has 0 aliphatic carbocycles. The van der Waals surface area contributed by atoms with E-state index in [0.29, 0.717) is 6.04 Å². The maximum absolute atomic E-state index is 3.54. The van der Waals surface area contributed by atoms with Gasteiger partial charge >= 0.3 is 0 Å². The van der Waals surface area contributed by atoms with Crippen molar-refractivity contribution in [3.63, 3.8) is 0 Å². The zero-order valence-electron chi connectivity index (χ0n) is 9.60. The van der Waals surface area contributed by atoms with Crippen LogP contribution in [-0.2, 0) is 0 Å². The van der Waals surface area contributed by atoms with Gasteiger partial charge in [0.1, 0.15) is 0 Å². The first-order valence-corrected chi connectivity index (χ1v) is 5.81. The highest BCUT2D eigenvalue weighted by Crippen LogP contribution is 2.27. The van der Waals surface area contributed by atoms with E-state index in [1.807, 2.05) is 0 Å². The van der Waals surface area contributed by atoms with Gasteiger partial charge in [-0.05, 0) is 22.8 Å². The van der Waals surface area contributed by atoms with E-state index in [0.717, 1.165) is 13.0 Å². The first-order chi connectivity index (χ1) is 7.95. The van der Waals surface area contributed by atoms with E-state index in [4.69, 9.17) is 0 Å². The van der Waals surface area contributed by atoms with Crippen LogP contribution < -0.4 is 5.32 Å². The monoisotopic (exact) mass is 289 g/mol. The summed E-state index contributed by atoms with van der Waals surface area (Å²) in [6.07, 6.45) is 5.55. The van der Waals surface area contributed by atoms with Crippen LogP contribution in [0.5, 0.6) is 0 Å². The third kappa shape index (κ3) is 2.43. The second kappa shape index (κ2) is 5.48. The quantitative estimate of drug-likeness (QED) is 0.783. The van der Waals surface area contributed by atoms with Crippen LogP contribution in [0.25, 0.3) is 10.8 Å². The van der Waals surface area contributed by atoms with Crippen molar-refractivity contribution in [2.75, 3.05) is 6.54 Å². The van der Waals surface area contributed by atoms with E-state index in [1.165, 1.54) is 16.3 Å². The minimum atomic E-state index is 0. The average molecular weight is 290 g/mol. The molecule has 17 heavy (non-hydrogen) atoms. The lowest BCUT2D eigenvalue weighted by Gasteiger charge is -2.21. The molecule has 0 bridgehead atoms. The molecule has 0 radical (unpaired) electrons. The van der Waals surface area contributed by atoms with E-state index in [9.17, 15) is 0 Å². The van der Waals surface area contributed by atoms with E-state index in [1.54, 1.807) is 0 Å². The van der Waals surface area contributed by atoms with Crippen LogP contribution in [0.1, 0.15) is 18.0 Å². The second-order valence-corrected chi connectivity index (χ2v) is 4.24. The Morgan fingerprint density at radius 3 is 2.59 bits per heavy atom. The number of halogens is 1. The van der Waals surface area contributed by atoms with Crippen molar-refractivity contribution in [1.29, 1.82) is 0 Å². The molecule has 1 atom stereocenters. The molecule has 1 nitrogen and oxygen atoms in total. The van der Waals surface area contributed by atoms with Crippen LogP contribution in [0.4, 0.5) is 0 Å². The first-order valence-electron chi connectivity index (χ1n) is 5.81. The smallest absolute Gasteiger partial charge is 0.0363 e. The minimum absolute atomic E-state index is 0. The van der Waals surface area contributed by atoms with Crippen LogP contribution in [0.3, 0.4) is 0 Å². The number of nitrogens with one attached hydrogen (secondary N) is 1. The van der Waals surface area contributed by atoms with Crippen molar-refractivity contribution in [1.82, 2.24) is 5.32 Å². The van der Waals surface area contributed by atoms with E-state index < -0.39 is 0 Å². The summed E-state index contributed by atoms with van der Waals surface area (Å²) in [6, 6.07) is 15.6. The summed E-state index contributed by atoms with van der Waals surface area (Å²) in [5, 5.41) is 6.24. The van der Waals surface area contributed by atoms with Crippen molar-refractivity contribution in [3.05, 3.63) is 60.2 Å². The lowest BCUT2D eigenvalue weighted by Crippen LogP contribution is -2.23. The third-order valence-corrected chi connectivity index (χ3v) is 3.22. The summed E-state index contributed by atoms with van der Waals surface area (Å²) in [7, 11) is 0. The number of fused-ring (bicyclic) bond motifs is 1. The molecule has 0 fully saturated rings. The predicted octanol–water partition coefficient (Wildman–Crippen LogP) is 4.01. The summed E-state index contributed by atoms with van der Waals surface area (Å²) in [4.78, 5) is 0. The molecule has 1 unspecified atom stereocenters. The average Bonchev–Trinajstić information content (AvgIpc) is 2.39. The molecule has 1 N–H and O–H groups in total. The molecular weight excluding hydrogens is 274 g/mol. The largest absolute Gasteiger partial charge is 0.306 e. The Balaban J connectivity index is 0.00000108. The van der Waals surface area contributed by atoms with E-state index in [-0.39, 0.29) is 17.0 Å². The topological polar surface area (TPSA) is 12.0 Å². The molecule has 1 aliphatic rings. The van der Waals surface area contributed by atoms with Gasteiger partial charge in [0.15, 0.2) is 0 Å². The Morgan fingerprint density at radius 1 is 0.941 bits per heavy atom. The summed E-state index contributed by atoms with van der Waals surface area (Å²) in [6.45, 7) is 0.980. The Bertz CT molecular complexity index is 528. The number of rotatable bonds is 1. The fourth-order valence-corrected chi connectivity index (χ4v) is 2.40. The summed E-state index contributed by atoms with van der Waals surface area (Å²) < 4.78 is 0. The molecule has 88 valence electrons. The van der Waals surface area contributed by atoms with Crippen LogP contribution in [0.15, 0.2) is 54.6 Å². The van der Waals surface area contributed by atoms with Gasteiger partial charge in [0, 0.05) is 12.6 Å². The van der Waals surface area contributed by atoms with Crippen molar-refractivity contribution < 1.29 is 0 Å². The fourth-order valence-electron chi connectivity index (χ4n) is 2.40. The summed E-state index contributed by atoms with van der Waals surface area (Å²) >= 11 is 0. The van der Waals surface area contributed by atoms with Gasteiger partial charge in [-0.1, -0.05) is 54.6 Å². The second-order valence-electron chi connectivity index (χ2n) is 4.24. The molecule has 0 amide bonds. The van der Waals surface area contributed by atoms with Gasteiger partial charge in [0.2, 0.25) is 0 Å². The number of benzene rings is 2. The lowest BCUT2D eigenvalue weighted by molar-refractivity contribution is 0.558. The Kier molecular flexibility index (Phi) is 3.97. The highest BCUT2D eigenvalue weighted by Gasteiger charge is 2.13. The van der Waals surface area contributed by atoms with E-state index >= 15 is 0 Å². The third-order valence-electron chi connectivity index (χ3n) is 3.22. The van der Waals surface area contributed by atoms with Crippen molar-refractivity contribution in [2.45, 2.75) is 12.5 Å². The molecule has 0 saturated heterocycles. The molecule has 2 aromatic carbocycles. The normalized spacial score (nSPS) is 18.9. The molecule has 0 saturated carbocycles. The molecule has 3 rings (SSSR count). The first kappa shape index (κ1) is 12.3. The molecule has 0 spiro atoms. The standard InChI is InChI=1S/C15H15N.BrH/c1-2-8-13-12(6-1)7-5-9-14(13)15-10-3-4-11-16-15;/h1-9,15-16H,10-11H2;1H. The van der Waals surface area contributed by atoms with Crippen LogP contribution >= 0.6 is 17.0 Å². The minimum Gasteiger partial charge on any atom is -0.306 e. The highest BCUT2D eigenvalue weighted by molar-refractivity contribution is 8.93. The van der Waals surface area contributed by atoms with Crippen LogP contribution in [0, 0.1) is 0 Å². The molecule has 1 heterocycles. The maximum Gasteiger partial charge on any atom is 0.0363 e. The van der Waals surface area contributed by atoms with Gasteiger partial charge in [-0.2, -0.15) is 0 Å². The van der Waals surface area contributed by atoms with Gasteiger partial charge in [0.05, 0.1) is 0 Å². The maximum atomic E-state index is 3.54. The SMILES string of the molecule is Br.C1=CCC(c2cccc3ccccc23)NC1. The summed E-state index contributed by atoms with van der Waals surface area (Å²) in [5.74, 6) is 0. The van der Waals surface area contributed by atoms with Crippen molar-refractivity contribution in [2.24, 2.45) is 0 Å². The molecule has 1 aliphatic heterocycles. The van der Waals surface area contributed by atoms with Gasteiger partial charge in [-0.15, -0.1) is 17.0 Å². The van der Waals surface area contributed by atoms with Crippen molar-refractivity contribution >= 4 is 27.8 Å². The van der Waals surface area contributed by atoms with E-state index in [2.05, 4.69) is 59.9 Å². The number of hydrogen-bond donors (Lipinski definition) is 1. The lowest BCUT2D eigenvalue weighted by atomic mass is 9.95. The Morgan fingerprint density at radius 2 is 1.76 bits per heavy atom. The highest BCUT2D eigenvalue weighted by atomic mass is 79.9. The fraction of sp³-hybridized carbons (Fsp3) is 0.200. The van der Waals surface area contributed by atoms with Crippen LogP contribution in [0.2, 0.25) is 0 Å². The summed E-state index contributed by atoms with van der Waals surface area (Å²) in [5.41, 5.74) is 1.42. The van der Waals surface area contributed by atoms with Gasteiger partial charge < -0.3 is 5.32 Å². The number of hydrogen-bond acceptors (Lipinski definition) is 1. The van der Waals surface area contributed by atoms with Gasteiger partial charge in [-0.3, -0.25) is 0 Å². The van der Waals surface area contributed by atoms with Gasteiger partial charge in [0.25, 0.3) is 0 Å². The molecule has 2 heteroatoms. The molecule has 0 aromatic heterocycles. The molecule has 2 aromatic rings. The Labute approximate surface area is 112 Å². The van der Waals surface area contributed by atoms with Crippen LogP contribution in [-0.4, -0.2) is 6.54 Å². The zero-order valence-corrected chi connectivity index (χ0v) is 11.3. The zero-order chi connectivity index (χ0) is 10.8. The molecular formula is C15H16BrN.